The van der Waals surface area contributed by atoms with Gasteiger partial charge in [0.15, 0.2) is 0 Å². The van der Waals surface area contributed by atoms with Gasteiger partial charge in [-0.3, -0.25) is 14.7 Å². The van der Waals surface area contributed by atoms with Gasteiger partial charge in [-0.25, -0.2) is 0 Å². The van der Waals surface area contributed by atoms with Gasteiger partial charge >= 0.3 is 0 Å². The van der Waals surface area contributed by atoms with Gasteiger partial charge in [0.25, 0.3) is 0 Å². The van der Waals surface area contributed by atoms with Crippen LogP contribution >= 0.6 is 0 Å². The number of carbonyl (C=O) groups excluding carboxylic acids is 1. The van der Waals surface area contributed by atoms with E-state index in [9.17, 15) is 4.79 Å². The molecule has 0 unspecified atom stereocenters. The van der Waals surface area contributed by atoms with E-state index in [1.54, 1.807) is 6.20 Å². The van der Waals surface area contributed by atoms with Gasteiger partial charge in [0.05, 0.1) is 18.8 Å². The fourth-order valence-corrected chi connectivity index (χ4v) is 3.18. The van der Waals surface area contributed by atoms with Crippen LogP contribution in [-0.2, 0) is 11.3 Å². The van der Waals surface area contributed by atoms with Crippen LogP contribution in [0.15, 0.2) is 42.6 Å². The Labute approximate surface area is 149 Å². The van der Waals surface area contributed by atoms with E-state index in [1.807, 2.05) is 18.2 Å². The highest BCUT2D eigenvalue weighted by Gasteiger charge is 2.20. The fourth-order valence-electron chi connectivity index (χ4n) is 3.18. The van der Waals surface area contributed by atoms with Gasteiger partial charge in [-0.05, 0) is 43.2 Å². The van der Waals surface area contributed by atoms with Crippen LogP contribution in [0.1, 0.15) is 16.8 Å². The first-order valence-corrected chi connectivity index (χ1v) is 8.83. The van der Waals surface area contributed by atoms with Crippen LogP contribution in [0, 0.1) is 13.8 Å². The summed E-state index contributed by atoms with van der Waals surface area (Å²) >= 11 is 0. The van der Waals surface area contributed by atoms with Crippen LogP contribution in [0.4, 0.5) is 5.69 Å². The monoisotopic (exact) mass is 338 g/mol. The van der Waals surface area contributed by atoms with Crippen LogP contribution in [0.25, 0.3) is 0 Å². The molecule has 1 aromatic heterocycles. The SMILES string of the molecule is Cc1cccc(N2CCN(CC(=O)NCc3ccccn3)CC2)c1C. The summed E-state index contributed by atoms with van der Waals surface area (Å²) in [6, 6.07) is 12.2. The molecule has 2 aromatic rings. The minimum absolute atomic E-state index is 0.0610. The number of piperazine rings is 1. The van der Waals surface area contributed by atoms with E-state index in [2.05, 4.69) is 52.1 Å². The number of nitrogens with one attached hydrogen (secondary N) is 1. The lowest BCUT2D eigenvalue weighted by molar-refractivity contribution is -0.122. The highest BCUT2D eigenvalue weighted by Crippen LogP contribution is 2.23. The van der Waals surface area contributed by atoms with Crippen molar-refractivity contribution in [2.75, 3.05) is 37.6 Å². The van der Waals surface area contributed by atoms with Crippen molar-refractivity contribution < 1.29 is 4.79 Å². The van der Waals surface area contributed by atoms with Crippen molar-refractivity contribution in [3.8, 4) is 0 Å². The average molecular weight is 338 g/mol. The third kappa shape index (κ3) is 4.57. The maximum atomic E-state index is 12.1. The minimum atomic E-state index is 0.0610. The third-order valence-corrected chi connectivity index (χ3v) is 4.85. The Morgan fingerprint density at radius 2 is 1.88 bits per heavy atom. The third-order valence-electron chi connectivity index (χ3n) is 4.85. The molecule has 2 heterocycles. The fraction of sp³-hybridized carbons (Fsp3) is 0.400. The molecule has 1 N–H and O–H groups in total. The number of nitrogens with zero attached hydrogens (tertiary/aromatic N) is 3. The van der Waals surface area contributed by atoms with Crippen molar-refractivity contribution in [1.82, 2.24) is 15.2 Å². The van der Waals surface area contributed by atoms with Gasteiger partial charge in [0, 0.05) is 38.1 Å². The molecule has 3 rings (SSSR count). The van der Waals surface area contributed by atoms with E-state index < -0.39 is 0 Å². The van der Waals surface area contributed by atoms with Gasteiger partial charge in [0.2, 0.25) is 5.91 Å². The Bertz CT molecular complexity index is 709. The smallest absolute Gasteiger partial charge is 0.234 e. The molecule has 1 aliphatic heterocycles. The summed E-state index contributed by atoms with van der Waals surface area (Å²) in [6.45, 7) is 9.00. The number of hydrogen-bond acceptors (Lipinski definition) is 4. The second-order valence-electron chi connectivity index (χ2n) is 6.58. The van der Waals surface area contributed by atoms with E-state index in [-0.39, 0.29) is 5.91 Å². The Kier molecular flexibility index (Phi) is 5.66. The molecule has 1 aromatic carbocycles. The van der Waals surface area contributed by atoms with Crippen molar-refractivity contribution in [1.29, 1.82) is 0 Å². The number of aromatic nitrogens is 1. The van der Waals surface area contributed by atoms with Crippen molar-refractivity contribution in [2.24, 2.45) is 0 Å². The summed E-state index contributed by atoms with van der Waals surface area (Å²) in [5.41, 5.74) is 4.88. The zero-order valence-electron chi connectivity index (χ0n) is 15.0. The molecule has 0 aliphatic carbocycles. The Morgan fingerprint density at radius 1 is 1.08 bits per heavy atom. The number of benzene rings is 1. The molecule has 25 heavy (non-hydrogen) atoms. The number of rotatable bonds is 5. The summed E-state index contributed by atoms with van der Waals surface area (Å²) in [6.07, 6.45) is 1.74. The lowest BCUT2D eigenvalue weighted by atomic mass is 10.1. The first-order chi connectivity index (χ1) is 12.1. The zero-order chi connectivity index (χ0) is 17.6. The Hall–Kier alpha value is -2.40. The lowest BCUT2D eigenvalue weighted by Crippen LogP contribution is -2.49. The van der Waals surface area contributed by atoms with E-state index in [0.29, 0.717) is 13.1 Å². The Morgan fingerprint density at radius 3 is 2.60 bits per heavy atom. The van der Waals surface area contributed by atoms with Crippen molar-refractivity contribution in [3.63, 3.8) is 0 Å². The van der Waals surface area contributed by atoms with Crippen molar-refractivity contribution >= 4 is 11.6 Å². The predicted octanol–water partition coefficient (Wildman–Crippen LogP) is 2.14. The van der Waals surface area contributed by atoms with Crippen LogP contribution < -0.4 is 10.2 Å². The molecule has 0 spiro atoms. The van der Waals surface area contributed by atoms with Gasteiger partial charge in [0.1, 0.15) is 0 Å². The summed E-state index contributed by atoms with van der Waals surface area (Å²) in [5.74, 6) is 0.0610. The van der Waals surface area contributed by atoms with Crippen LogP contribution in [0.3, 0.4) is 0 Å². The number of amides is 1. The van der Waals surface area contributed by atoms with Gasteiger partial charge in [-0.2, -0.15) is 0 Å². The molecule has 5 nitrogen and oxygen atoms in total. The molecule has 1 saturated heterocycles. The van der Waals surface area contributed by atoms with E-state index in [0.717, 1.165) is 31.9 Å². The second kappa shape index (κ2) is 8.12. The number of anilines is 1. The number of carbonyl (C=O) groups is 1. The molecule has 1 amide bonds. The molecule has 0 atom stereocenters. The average Bonchev–Trinajstić information content (AvgIpc) is 2.64. The maximum absolute atomic E-state index is 12.1. The number of hydrogen-bond donors (Lipinski definition) is 1. The largest absolute Gasteiger partial charge is 0.369 e. The van der Waals surface area contributed by atoms with E-state index >= 15 is 0 Å². The highest BCUT2D eigenvalue weighted by atomic mass is 16.2. The molecule has 0 bridgehead atoms. The van der Waals surface area contributed by atoms with Crippen LogP contribution in [0.5, 0.6) is 0 Å². The summed E-state index contributed by atoms with van der Waals surface area (Å²) in [7, 11) is 0. The normalized spacial score (nSPS) is 15.2. The zero-order valence-corrected chi connectivity index (χ0v) is 15.0. The standard InChI is InChI=1S/C20H26N4O/c1-16-6-5-8-19(17(16)2)24-12-10-23(11-13-24)15-20(25)22-14-18-7-3-4-9-21-18/h3-9H,10-15H2,1-2H3,(H,22,25). The van der Waals surface area contributed by atoms with E-state index in [4.69, 9.17) is 0 Å². The lowest BCUT2D eigenvalue weighted by Gasteiger charge is -2.36. The van der Waals surface area contributed by atoms with Gasteiger partial charge in [-0.15, -0.1) is 0 Å². The quantitative estimate of drug-likeness (QED) is 0.907. The van der Waals surface area contributed by atoms with E-state index in [1.165, 1.54) is 16.8 Å². The molecule has 0 saturated carbocycles. The molecule has 1 aliphatic rings. The molecule has 0 radical (unpaired) electrons. The predicted molar refractivity (Wildman–Crippen MR) is 101 cm³/mol. The number of aryl methyl sites for hydroxylation is 1. The maximum Gasteiger partial charge on any atom is 0.234 e. The molecule has 132 valence electrons. The second-order valence-corrected chi connectivity index (χ2v) is 6.58. The van der Waals surface area contributed by atoms with Crippen molar-refractivity contribution in [2.45, 2.75) is 20.4 Å². The minimum Gasteiger partial charge on any atom is -0.369 e. The molecule has 5 heteroatoms. The number of pyridine rings is 1. The molecule has 1 fully saturated rings. The van der Waals surface area contributed by atoms with Gasteiger partial charge < -0.3 is 10.2 Å². The van der Waals surface area contributed by atoms with Crippen molar-refractivity contribution in [3.05, 3.63) is 59.4 Å². The summed E-state index contributed by atoms with van der Waals surface area (Å²) < 4.78 is 0. The molecular weight excluding hydrogens is 312 g/mol. The molecular formula is C20H26N4O. The summed E-state index contributed by atoms with van der Waals surface area (Å²) in [4.78, 5) is 21.0. The first kappa shape index (κ1) is 17.4. The summed E-state index contributed by atoms with van der Waals surface area (Å²) in [5, 5.41) is 2.95. The Balaban J connectivity index is 1.46. The van der Waals surface area contributed by atoms with Gasteiger partial charge in [-0.1, -0.05) is 18.2 Å². The topological polar surface area (TPSA) is 48.5 Å². The van der Waals surface area contributed by atoms with Crippen LogP contribution in [0.2, 0.25) is 0 Å². The van der Waals surface area contributed by atoms with Crippen LogP contribution in [-0.4, -0.2) is 48.5 Å². The highest BCUT2D eigenvalue weighted by molar-refractivity contribution is 5.78. The first-order valence-electron chi connectivity index (χ1n) is 8.83.